The molecule has 30 heavy (non-hydrogen) atoms. The van der Waals surface area contributed by atoms with Crippen molar-refractivity contribution in [1.29, 1.82) is 0 Å². The minimum Gasteiger partial charge on any atom is -0.338 e. The molecule has 1 spiro atoms. The first kappa shape index (κ1) is 20.1. The molecule has 0 radical (unpaired) electrons. The van der Waals surface area contributed by atoms with Gasteiger partial charge in [-0.25, -0.2) is 4.79 Å². The van der Waals surface area contributed by atoms with Crippen LogP contribution < -0.4 is 0 Å². The Morgan fingerprint density at radius 1 is 1.07 bits per heavy atom. The van der Waals surface area contributed by atoms with Gasteiger partial charge in [-0.3, -0.25) is 19.2 Å². The highest BCUT2D eigenvalue weighted by Gasteiger charge is 2.57. The van der Waals surface area contributed by atoms with Gasteiger partial charge in [-0.05, 0) is 32.3 Å². The Balaban J connectivity index is 1.55. The number of benzene rings is 1. The van der Waals surface area contributed by atoms with Crippen molar-refractivity contribution < 1.29 is 14.4 Å². The number of hydrogen-bond acceptors (Lipinski definition) is 4. The molecule has 2 aromatic rings. The molecule has 0 aliphatic carbocycles. The monoisotopic (exact) mass is 409 g/mol. The summed E-state index contributed by atoms with van der Waals surface area (Å²) in [6.45, 7) is 6.09. The zero-order valence-corrected chi connectivity index (χ0v) is 17.5. The van der Waals surface area contributed by atoms with Gasteiger partial charge in [0.25, 0.3) is 11.8 Å². The van der Waals surface area contributed by atoms with Crippen LogP contribution in [-0.4, -0.2) is 67.5 Å². The molecule has 1 aromatic heterocycles. The Bertz CT molecular complexity index is 947. The first-order chi connectivity index (χ1) is 14.5. The summed E-state index contributed by atoms with van der Waals surface area (Å²) in [5.74, 6) is -0.222. The third-order valence-corrected chi connectivity index (χ3v) is 6.20. The number of aryl methyl sites for hydroxylation is 1. The van der Waals surface area contributed by atoms with Crippen LogP contribution in [0.2, 0.25) is 0 Å². The van der Waals surface area contributed by atoms with Crippen LogP contribution in [0.15, 0.2) is 42.7 Å². The van der Waals surface area contributed by atoms with Gasteiger partial charge < -0.3 is 9.80 Å². The average Bonchev–Trinajstić information content (AvgIpc) is 3.33. The molecule has 158 valence electrons. The van der Waals surface area contributed by atoms with E-state index in [1.165, 1.54) is 4.90 Å². The normalized spacial score (nSPS) is 18.5. The van der Waals surface area contributed by atoms with E-state index < -0.39 is 5.54 Å². The number of carbonyl (C=O) groups is 3. The van der Waals surface area contributed by atoms with E-state index in [-0.39, 0.29) is 17.8 Å². The van der Waals surface area contributed by atoms with E-state index >= 15 is 0 Å². The summed E-state index contributed by atoms with van der Waals surface area (Å²) in [7, 11) is 0. The van der Waals surface area contributed by atoms with Crippen molar-refractivity contribution in [3.63, 3.8) is 0 Å². The zero-order valence-electron chi connectivity index (χ0n) is 17.5. The van der Waals surface area contributed by atoms with Crippen LogP contribution >= 0.6 is 0 Å². The van der Waals surface area contributed by atoms with Crippen LogP contribution in [0.1, 0.15) is 42.6 Å². The van der Waals surface area contributed by atoms with E-state index in [0.29, 0.717) is 51.1 Å². The van der Waals surface area contributed by atoms with Gasteiger partial charge in [0.15, 0.2) is 0 Å². The third kappa shape index (κ3) is 3.26. The molecule has 0 bridgehead atoms. The molecule has 0 saturated carbocycles. The van der Waals surface area contributed by atoms with E-state index in [9.17, 15) is 14.4 Å². The number of amides is 4. The maximum atomic E-state index is 13.3. The van der Waals surface area contributed by atoms with Gasteiger partial charge in [0.2, 0.25) is 0 Å². The predicted molar refractivity (Wildman–Crippen MR) is 111 cm³/mol. The molecular weight excluding hydrogens is 382 g/mol. The van der Waals surface area contributed by atoms with Gasteiger partial charge in [0.1, 0.15) is 5.54 Å². The summed E-state index contributed by atoms with van der Waals surface area (Å²) >= 11 is 0. The molecule has 2 fully saturated rings. The number of likely N-dealkylation sites (N-methyl/N-ethyl adjacent to an activating group) is 1. The lowest BCUT2D eigenvalue weighted by molar-refractivity contribution is -0.135. The van der Waals surface area contributed by atoms with Crippen molar-refractivity contribution in [1.82, 2.24) is 24.5 Å². The molecule has 1 aromatic carbocycles. The number of urea groups is 1. The minimum atomic E-state index is -0.882. The molecule has 2 aliphatic heterocycles. The van der Waals surface area contributed by atoms with Crippen molar-refractivity contribution in [2.75, 3.05) is 19.6 Å². The van der Waals surface area contributed by atoms with E-state index in [1.54, 1.807) is 26.9 Å². The summed E-state index contributed by atoms with van der Waals surface area (Å²) in [6.07, 6.45) is 4.21. The summed E-state index contributed by atoms with van der Waals surface area (Å²) in [4.78, 5) is 44.0. The second-order valence-electron chi connectivity index (χ2n) is 7.81. The third-order valence-electron chi connectivity index (χ3n) is 6.20. The van der Waals surface area contributed by atoms with Gasteiger partial charge in [-0.2, -0.15) is 5.10 Å². The van der Waals surface area contributed by atoms with Gasteiger partial charge in [-0.15, -0.1) is 0 Å². The van der Waals surface area contributed by atoms with E-state index in [0.717, 1.165) is 5.56 Å². The molecule has 2 aliphatic rings. The van der Waals surface area contributed by atoms with E-state index in [4.69, 9.17) is 0 Å². The first-order valence-corrected chi connectivity index (χ1v) is 10.5. The average molecular weight is 409 g/mol. The minimum absolute atomic E-state index is 0.0803. The summed E-state index contributed by atoms with van der Waals surface area (Å²) in [5, 5.41) is 4.18. The Labute approximate surface area is 176 Å². The molecule has 0 N–H and O–H groups in total. The second-order valence-corrected chi connectivity index (χ2v) is 7.81. The summed E-state index contributed by atoms with van der Waals surface area (Å²) in [6, 6.07) is 9.47. The van der Waals surface area contributed by atoms with Crippen molar-refractivity contribution in [3.05, 3.63) is 53.9 Å². The number of likely N-dealkylation sites (tertiary alicyclic amines) is 1. The number of hydrogen-bond donors (Lipinski definition) is 0. The fourth-order valence-corrected chi connectivity index (χ4v) is 4.44. The van der Waals surface area contributed by atoms with Gasteiger partial charge in [0.05, 0.1) is 11.8 Å². The molecule has 8 heteroatoms. The molecular formula is C22H27N5O3. The first-order valence-electron chi connectivity index (χ1n) is 10.5. The smallest absolute Gasteiger partial charge is 0.327 e. The molecule has 4 amide bonds. The maximum absolute atomic E-state index is 13.3. The highest BCUT2D eigenvalue weighted by atomic mass is 16.2. The van der Waals surface area contributed by atoms with Gasteiger partial charge >= 0.3 is 6.03 Å². The lowest BCUT2D eigenvalue weighted by atomic mass is 9.85. The highest BCUT2D eigenvalue weighted by molar-refractivity contribution is 6.07. The van der Waals surface area contributed by atoms with Crippen LogP contribution in [0.4, 0.5) is 4.79 Å². The molecule has 0 atom stereocenters. The standard InChI is InChI=1S/C22H27N5O3/c1-3-25-16-18(14-23-25)19(28)24-12-10-22(11-13-24)20(29)26(4-2)21(30)27(22)15-17-8-6-5-7-9-17/h5-9,14,16H,3-4,10-13,15H2,1-2H3. The van der Waals surface area contributed by atoms with Gasteiger partial charge in [0, 0.05) is 38.9 Å². The lowest BCUT2D eigenvalue weighted by Crippen LogP contribution is -2.57. The van der Waals surface area contributed by atoms with Crippen molar-refractivity contribution in [2.45, 2.75) is 45.3 Å². The van der Waals surface area contributed by atoms with E-state index in [2.05, 4.69) is 5.10 Å². The van der Waals surface area contributed by atoms with Crippen LogP contribution in [0.5, 0.6) is 0 Å². The molecule has 2 saturated heterocycles. The summed E-state index contributed by atoms with van der Waals surface area (Å²) in [5.41, 5.74) is 0.659. The number of carbonyl (C=O) groups excluding carboxylic acids is 3. The topological polar surface area (TPSA) is 78.8 Å². The van der Waals surface area contributed by atoms with E-state index in [1.807, 2.05) is 44.2 Å². The zero-order chi connectivity index (χ0) is 21.3. The molecule has 0 unspecified atom stereocenters. The number of aromatic nitrogens is 2. The summed E-state index contributed by atoms with van der Waals surface area (Å²) < 4.78 is 1.72. The quantitative estimate of drug-likeness (QED) is 0.710. The Hall–Kier alpha value is -3.16. The van der Waals surface area contributed by atoms with Crippen LogP contribution in [-0.2, 0) is 17.9 Å². The van der Waals surface area contributed by atoms with Gasteiger partial charge in [-0.1, -0.05) is 30.3 Å². The largest absolute Gasteiger partial charge is 0.338 e. The molecule has 4 rings (SSSR count). The number of imide groups is 1. The SMILES string of the molecule is CCN1C(=O)N(Cc2ccccc2)C2(CCN(C(=O)c3cnn(CC)c3)CC2)C1=O. The Morgan fingerprint density at radius 3 is 2.37 bits per heavy atom. The van der Waals surface area contributed by atoms with Crippen molar-refractivity contribution >= 4 is 17.8 Å². The lowest BCUT2D eigenvalue weighted by Gasteiger charge is -2.42. The van der Waals surface area contributed by atoms with Crippen LogP contribution in [0, 0.1) is 0 Å². The fraction of sp³-hybridized carbons (Fsp3) is 0.455. The maximum Gasteiger partial charge on any atom is 0.327 e. The highest BCUT2D eigenvalue weighted by Crippen LogP contribution is 2.38. The van der Waals surface area contributed by atoms with Crippen molar-refractivity contribution in [2.24, 2.45) is 0 Å². The number of rotatable bonds is 5. The molecule has 8 nitrogen and oxygen atoms in total. The molecule has 3 heterocycles. The van der Waals surface area contributed by atoms with Crippen LogP contribution in [0.3, 0.4) is 0 Å². The number of piperidine rings is 1. The number of nitrogens with zero attached hydrogens (tertiary/aromatic N) is 5. The Morgan fingerprint density at radius 2 is 1.77 bits per heavy atom. The second kappa shape index (κ2) is 7.93. The van der Waals surface area contributed by atoms with Crippen LogP contribution in [0.25, 0.3) is 0 Å². The predicted octanol–water partition coefficient (Wildman–Crippen LogP) is 2.36. The van der Waals surface area contributed by atoms with Crippen molar-refractivity contribution in [3.8, 4) is 0 Å². The Kier molecular flexibility index (Phi) is 5.32. The fourth-order valence-electron chi connectivity index (χ4n) is 4.44.